The lowest BCUT2D eigenvalue weighted by molar-refractivity contribution is -0.149. The highest BCUT2D eigenvalue weighted by molar-refractivity contribution is 9.10. The van der Waals surface area contributed by atoms with Crippen LogP contribution in [0.15, 0.2) is 12.2 Å². The smallest absolute Gasteiger partial charge is 0.320 e. The van der Waals surface area contributed by atoms with Gasteiger partial charge in [-0.3, -0.25) is 9.59 Å². The average Bonchev–Trinajstić information content (AvgIpc) is 2.65. The maximum absolute atomic E-state index is 11.3. The van der Waals surface area contributed by atoms with Crippen LogP contribution >= 0.6 is 31.9 Å². The fourth-order valence-electron chi connectivity index (χ4n) is 1.29. The van der Waals surface area contributed by atoms with Crippen molar-refractivity contribution in [2.45, 2.75) is 42.1 Å². The van der Waals surface area contributed by atoms with E-state index in [0.29, 0.717) is 6.42 Å². The van der Waals surface area contributed by atoms with Gasteiger partial charge in [0, 0.05) is 6.42 Å². The van der Waals surface area contributed by atoms with E-state index in [1.165, 1.54) is 0 Å². The summed E-state index contributed by atoms with van der Waals surface area (Å²) in [5.41, 5.74) is 0. The molecule has 6 heteroatoms. The summed E-state index contributed by atoms with van der Waals surface area (Å²) in [7, 11) is 0. The number of ether oxygens (including phenoxy) is 2. The number of hydrogen-bond acceptors (Lipinski definition) is 4. The van der Waals surface area contributed by atoms with E-state index < -0.39 is 0 Å². The standard InChI is InChI=1S/C11H14Br2O4/c1-6(12)10(14)16-8-3-4-9(5-8)17-11(15)7(2)13/h3-4,6-9H,5H2,1-2H3/t6?,7?,8-,9+. The van der Waals surface area contributed by atoms with Gasteiger partial charge in [0.05, 0.1) is 0 Å². The lowest BCUT2D eigenvalue weighted by Gasteiger charge is -2.15. The molecular weight excluding hydrogens is 356 g/mol. The first-order valence-electron chi connectivity index (χ1n) is 5.27. The molecule has 0 aliphatic heterocycles. The second-order valence-corrected chi connectivity index (χ2v) is 6.55. The molecule has 0 aromatic carbocycles. The molecular formula is C11H14Br2O4. The van der Waals surface area contributed by atoms with Crippen molar-refractivity contribution in [3.05, 3.63) is 12.2 Å². The monoisotopic (exact) mass is 368 g/mol. The van der Waals surface area contributed by atoms with Crippen LogP contribution in [0.25, 0.3) is 0 Å². The van der Waals surface area contributed by atoms with Gasteiger partial charge in [-0.05, 0) is 26.0 Å². The summed E-state index contributed by atoms with van der Waals surface area (Å²) >= 11 is 6.26. The van der Waals surface area contributed by atoms with Crippen LogP contribution in [0.3, 0.4) is 0 Å². The molecule has 0 bridgehead atoms. The van der Waals surface area contributed by atoms with Crippen molar-refractivity contribution in [1.29, 1.82) is 0 Å². The molecule has 0 aromatic rings. The van der Waals surface area contributed by atoms with Gasteiger partial charge in [-0.25, -0.2) is 0 Å². The zero-order valence-corrected chi connectivity index (χ0v) is 12.7. The number of esters is 2. The average molecular weight is 370 g/mol. The van der Waals surface area contributed by atoms with E-state index in [-0.39, 0.29) is 33.8 Å². The number of carbonyl (C=O) groups is 2. The molecule has 4 nitrogen and oxygen atoms in total. The summed E-state index contributed by atoms with van der Waals surface area (Å²) < 4.78 is 10.3. The Kier molecular flexibility index (Phi) is 5.66. The zero-order valence-electron chi connectivity index (χ0n) is 9.56. The van der Waals surface area contributed by atoms with Crippen molar-refractivity contribution >= 4 is 43.8 Å². The molecule has 0 heterocycles. The molecule has 0 saturated carbocycles. The van der Waals surface area contributed by atoms with Gasteiger partial charge in [0.1, 0.15) is 21.9 Å². The normalized spacial score (nSPS) is 26.4. The van der Waals surface area contributed by atoms with Crippen molar-refractivity contribution in [2.75, 3.05) is 0 Å². The van der Waals surface area contributed by atoms with Gasteiger partial charge in [-0.15, -0.1) is 0 Å². The van der Waals surface area contributed by atoms with Gasteiger partial charge in [-0.1, -0.05) is 31.9 Å². The first-order valence-corrected chi connectivity index (χ1v) is 7.10. The highest BCUT2D eigenvalue weighted by Crippen LogP contribution is 2.19. The van der Waals surface area contributed by atoms with E-state index in [1.807, 2.05) is 0 Å². The minimum atomic E-state index is -0.333. The third-order valence-electron chi connectivity index (χ3n) is 2.19. The molecule has 4 atom stereocenters. The van der Waals surface area contributed by atoms with Crippen LogP contribution in [0, 0.1) is 0 Å². The minimum absolute atomic E-state index is 0.314. The number of rotatable bonds is 4. The Morgan fingerprint density at radius 2 is 1.41 bits per heavy atom. The number of carbonyl (C=O) groups excluding carboxylic acids is 2. The molecule has 96 valence electrons. The predicted octanol–water partition coefficient (Wildman–Crippen LogP) is 2.34. The van der Waals surface area contributed by atoms with Gasteiger partial charge in [-0.2, -0.15) is 0 Å². The van der Waals surface area contributed by atoms with Crippen LogP contribution in [0.5, 0.6) is 0 Å². The van der Waals surface area contributed by atoms with E-state index in [9.17, 15) is 9.59 Å². The molecule has 0 aromatic heterocycles. The number of alkyl halides is 2. The van der Waals surface area contributed by atoms with Crippen molar-refractivity contribution in [1.82, 2.24) is 0 Å². The first-order chi connectivity index (χ1) is 7.90. The summed E-state index contributed by atoms with van der Waals surface area (Å²) in [5, 5.41) is 0. The van der Waals surface area contributed by atoms with Crippen LogP contribution in [0.1, 0.15) is 20.3 Å². The van der Waals surface area contributed by atoms with Crippen molar-refractivity contribution < 1.29 is 19.1 Å². The number of halogens is 2. The summed E-state index contributed by atoms with van der Waals surface area (Å²) in [5.74, 6) is -0.638. The van der Waals surface area contributed by atoms with Gasteiger partial charge in [0.25, 0.3) is 0 Å². The van der Waals surface area contributed by atoms with Gasteiger partial charge in [0.2, 0.25) is 0 Å². The van der Waals surface area contributed by atoms with E-state index in [4.69, 9.17) is 9.47 Å². The summed E-state index contributed by atoms with van der Waals surface area (Å²) in [6.07, 6.45) is 3.34. The second kappa shape index (κ2) is 6.54. The van der Waals surface area contributed by atoms with Crippen LogP contribution in [-0.2, 0) is 19.1 Å². The third kappa shape index (κ3) is 4.79. The van der Waals surface area contributed by atoms with E-state index in [2.05, 4.69) is 31.9 Å². The van der Waals surface area contributed by atoms with Crippen LogP contribution in [0.2, 0.25) is 0 Å². The summed E-state index contributed by atoms with van der Waals surface area (Å²) in [6, 6.07) is 0. The predicted molar refractivity (Wildman–Crippen MR) is 70.3 cm³/mol. The molecule has 1 aliphatic carbocycles. The molecule has 0 saturated heterocycles. The summed E-state index contributed by atoms with van der Waals surface area (Å²) in [4.78, 5) is 22.0. The molecule has 0 fully saturated rings. The van der Waals surface area contributed by atoms with Crippen LogP contribution in [0.4, 0.5) is 0 Å². The molecule has 0 spiro atoms. The molecule has 0 N–H and O–H groups in total. The Morgan fingerprint density at radius 1 is 1.06 bits per heavy atom. The highest BCUT2D eigenvalue weighted by Gasteiger charge is 2.26. The summed E-state index contributed by atoms with van der Waals surface area (Å²) in [6.45, 7) is 3.40. The fourth-order valence-corrected chi connectivity index (χ4v) is 1.51. The largest absolute Gasteiger partial charge is 0.457 e. The van der Waals surface area contributed by atoms with Gasteiger partial charge in [0.15, 0.2) is 0 Å². The Balaban J connectivity index is 2.36. The lowest BCUT2D eigenvalue weighted by Crippen LogP contribution is -2.24. The molecule has 1 aliphatic rings. The van der Waals surface area contributed by atoms with Crippen molar-refractivity contribution in [3.63, 3.8) is 0 Å². The highest BCUT2D eigenvalue weighted by atomic mass is 79.9. The van der Waals surface area contributed by atoms with E-state index in [1.54, 1.807) is 26.0 Å². The van der Waals surface area contributed by atoms with E-state index in [0.717, 1.165) is 0 Å². The molecule has 0 amide bonds. The van der Waals surface area contributed by atoms with Crippen LogP contribution < -0.4 is 0 Å². The first kappa shape index (κ1) is 14.7. The lowest BCUT2D eigenvalue weighted by atomic mass is 10.3. The molecule has 1 rings (SSSR count). The molecule has 0 radical (unpaired) electrons. The quantitative estimate of drug-likeness (QED) is 0.433. The minimum Gasteiger partial charge on any atom is -0.457 e. The van der Waals surface area contributed by atoms with Gasteiger partial charge < -0.3 is 9.47 Å². The number of hydrogen-bond donors (Lipinski definition) is 0. The fraction of sp³-hybridized carbons (Fsp3) is 0.636. The third-order valence-corrected chi connectivity index (χ3v) is 2.94. The molecule has 17 heavy (non-hydrogen) atoms. The Hall–Kier alpha value is -0.360. The topological polar surface area (TPSA) is 52.6 Å². The van der Waals surface area contributed by atoms with Crippen LogP contribution in [-0.4, -0.2) is 33.8 Å². The maximum atomic E-state index is 11.3. The van der Waals surface area contributed by atoms with Gasteiger partial charge >= 0.3 is 11.9 Å². The Morgan fingerprint density at radius 3 is 1.71 bits per heavy atom. The van der Waals surface area contributed by atoms with Crippen molar-refractivity contribution in [2.24, 2.45) is 0 Å². The Labute approximate surface area is 117 Å². The maximum Gasteiger partial charge on any atom is 0.320 e. The second-order valence-electron chi connectivity index (χ2n) is 3.80. The van der Waals surface area contributed by atoms with Crippen molar-refractivity contribution in [3.8, 4) is 0 Å². The Bertz CT molecular complexity index is 295. The van der Waals surface area contributed by atoms with E-state index >= 15 is 0 Å². The zero-order chi connectivity index (χ0) is 13.0. The SMILES string of the molecule is CC(Br)C(=O)O[C@@H]1C=C[C@H](OC(=O)C(C)Br)C1. The molecule has 2 unspecified atom stereocenters.